The van der Waals surface area contributed by atoms with E-state index in [0.717, 1.165) is 23.6 Å². The molecule has 2 aromatic carbocycles. The summed E-state index contributed by atoms with van der Waals surface area (Å²) >= 11 is 0. The van der Waals surface area contributed by atoms with Crippen molar-refractivity contribution in [3.05, 3.63) is 54.1 Å². The normalized spacial score (nSPS) is 16.6. The molecule has 0 aromatic heterocycles. The number of hydrogen-bond acceptors (Lipinski definition) is 5. The van der Waals surface area contributed by atoms with E-state index >= 15 is 0 Å². The van der Waals surface area contributed by atoms with Gasteiger partial charge in [-0.2, -0.15) is 0 Å². The predicted molar refractivity (Wildman–Crippen MR) is 111 cm³/mol. The zero-order chi connectivity index (χ0) is 22.7. The molecule has 1 heterocycles. The van der Waals surface area contributed by atoms with E-state index in [1.165, 1.54) is 17.6 Å². The van der Waals surface area contributed by atoms with Gasteiger partial charge in [0.05, 0.1) is 4.90 Å². The minimum Gasteiger partial charge on any atom is -0.381 e. The first kappa shape index (κ1) is 23.3. The molecular weight excluding hydrogens is 428 g/mol. The fraction of sp³-hybridized carbons (Fsp3) is 0.409. The van der Waals surface area contributed by atoms with Gasteiger partial charge in [0.25, 0.3) is 5.91 Å². The largest absolute Gasteiger partial charge is 0.381 e. The number of carbonyl (C=O) groups excluding carboxylic acids is 1. The number of rotatable bonds is 7. The van der Waals surface area contributed by atoms with Gasteiger partial charge in [0, 0.05) is 19.6 Å². The fourth-order valence-electron chi connectivity index (χ4n) is 3.70. The predicted octanol–water partition coefficient (Wildman–Crippen LogP) is 3.77. The molecule has 0 unspecified atom stereocenters. The molecule has 1 fully saturated rings. The van der Waals surface area contributed by atoms with E-state index in [2.05, 4.69) is 0 Å². The second-order valence-electron chi connectivity index (χ2n) is 7.84. The minimum absolute atomic E-state index is 0.0245. The first-order chi connectivity index (χ1) is 14.6. The number of benzene rings is 2. The Hall–Kier alpha value is -2.36. The highest BCUT2D eigenvalue weighted by molar-refractivity contribution is 7.93. The lowest BCUT2D eigenvalue weighted by Crippen LogP contribution is -2.54. The molecule has 1 aliphatic rings. The van der Waals surface area contributed by atoms with Crippen LogP contribution in [0, 0.1) is 0 Å². The zero-order valence-corrected chi connectivity index (χ0v) is 17.9. The van der Waals surface area contributed by atoms with Crippen LogP contribution in [0.5, 0.6) is 0 Å². The molecule has 0 radical (unpaired) electrons. The Morgan fingerprint density at radius 3 is 2.06 bits per heavy atom. The van der Waals surface area contributed by atoms with Crippen LogP contribution in [-0.4, -0.2) is 43.4 Å². The van der Waals surface area contributed by atoms with Crippen molar-refractivity contribution < 1.29 is 31.9 Å². The summed E-state index contributed by atoms with van der Waals surface area (Å²) in [5.41, 5.74) is 3.84. The molecule has 31 heavy (non-hydrogen) atoms. The Balaban J connectivity index is 1.83. The molecule has 168 valence electrons. The summed E-state index contributed by atoms with van der Waals surface area (Å²) in [4.78, 5) is 12.3. The van der Waals surface area contributed by atoms with Crippen LogP contribution in [0.15, 0.2) is 53.4 Å². The molecule has 1 amide bonds. The highest BCUT2D eigenvalue weighted by atomic mass is 32.2. The van der Waals surface area contributed by atoms with E-state index in [4.69, 9.17) is 9.94 Å². The first-order valence-corrected chi connectivity index (χ1v) is 11.4. The molecule has 6 nitrogen and oxygen atoms in total. The van der Waals surface area contributed by atoms with Gasteiger partial charge in [-0.15, -0.1) is 0 Å². The molecule has 1 aliphatic heterocycles. The standard InChI is InChI=1S/C22H25F2NO5S/c1-21(23,24)11-10-16-2-4-17(5-3-16)18-6-8-19(9-7-18)31(28,29)22(20(26)25-27)12-14-30-15-13-22/h2-9,27H,10-15H2,1H3,(H,25,26). The maximum absolute atomic E-state index is 13.3. The molecule has 0 spiro atoms. The van der Waals surface area contributed by atoms with Gasteiger partial charge in [-0.05, 0) is 55.0 Å². The summed E-state index contributed by atoms with van der Waals surface area (Å²) < 4.78 is 56.0. The van der Waals surface area contributed by atoms with Gasteiger partial charge in [-0.25, -0.2) is 22.7 Å². The lowest BCUT2D eigenvalue weighted by molar-refractivity contribution is -0.134. The molecule has 2 aromatic rings. The highest BCUT2D eigenvalue weighted by Crippen LogP contribution is 2.36. The monoisotopic (exact) mass is 453 g/mol. The Labute approximate surface area is 180 Å². The Kier molecular flexibility index (Phi) is 6.78. The Bertz CT molecular complexity index is 1010. The lowest BCUT2D eigenvalue weighted by atomic mass is 9.98. The maximum Gasteiger partial charge on any atom is 0.265 e. The lowest BCUT2D eigenvalue weighted by Gasteiger charge is -2.34. The molecule has 0 bridgehead atoms. The second-order valence-corrected chi connectivity index (χ2v) is 10.1. The molecule has 9 heteroatoms. The van der Waals surface area contributed by atoms with Gasteiger partial charge in [0.2, 0.25) is 5.92 Å². The van der Waals surface area contributed by atoms with Crippen molar-refractivity contribution in [3.63, 3.8) is 0 Å². The van der Waals surface area contributed by atoms with Crippen molar-refractivity contribution in [2.75, 3.05) is 13.2 Å². The van der Waals surface area contributed by atoms with Crippen LogP contribution in [0.25, 0.3) is 11.1 Å². The van der Waals surface area contributed by atoms with Crippen LogP contribution in [0.4, 0.5) is 8.78 Å². The number of sulfone groups is 1. The van der Waals surface area contributed by atoms with Gasteiger partial charge >= 0.3 is 0 Å². The van der Waals surface area contributed by atoms with E-state index in [-0.39, 0.29) is 43.8 Å². The van der Waals surface area contributed by atoms with Crippen LogP contribution >= 0.6 is 0 Å². The number of carbonyl (C=O) groups is 1. The summed E-state index contributed by atoms with van der Waals surface area (Å²) in [7, 11) is -4.09. The van der Waals surface area contributed by atoms with Crippen molar-refractivity contribution in [1.82, 2.24) is 5.48 Å². The Morgan fingerprint density at radius 2 is 1.58 bits per heavy atom. The number of nitrogens with one attached hydrogen (secondary N) is 1. The van der Waals surface area contributed by atoms with Crippen LogP contribution < -0.4 is 5.48 Å². The summed E-state index contributed by atoms with van der Waals surface area (Å²) in [6.07, 6.45) is -0.0731. The van der Waals surface area contributed by atoms with Crippen LogP contribution in [0.3, 0.4) is 0 Å². The smallest absolute Gasteiger partial charge is 0.265 e. The van der Waals surface area contributed by atoms with Crippen molar-refractivity contribution >= 4 is 15.7 Å². The third-order valence-electron chi connectivity index (χ3n) is 5.63. The number of halogens is 2. The van der Waals surface area contributed by atoms with Crippen molar-refractivity contribution in [3.8, 4) is 11.1 Å². The molecule has 1 saturated heterocycles. The summed E-state index contributed by atoms with van der Waals surface area (Å²) in [6.45, 7) is 1.09. The molecule has 3 rings (SSSR count). The molecule has 0 saturated carbocycles. The third-order valence-corrected chi connectivity index (χ3v) is 8.15. The number of hydrogen-bond donors (Lipinski definition) is 2. The molecular formula is C22H25F2NO5S. The van der Waals surface area contributed by atoms with Crippen LogP contribution in [0.1, 0.15) is 31.7 Å². The topological polar surface area (TPSA) is 92.7 Å². The van der Waals surface area contributed by atoms with Gasteiger partial charge in [-0.1, -0.05) is 36.4 Å². The highest BCUT2D eigenvalue weighted by Gasteiger charge is 2.52. The average molecular weight is 454 g/mol. The van der Waals surface area contributed by atoms with E-state index in [1.807, 2.05) is 0 Å². The van der Waals surface area contributed by atoms with Gasteiger partial charge in [-0.3, -0.25) is 10.0 Å². The quantitative estimate of drug-likeness (QED) is 0.492. The zero-order valence-electron chi connectivity index (χ0n) is 17.1. The number of ether oxygens (including phenoxy) is 1. The fourth-order valence-corrected chi connectivity index (χ4v) is 5.64. The number of hydroxylamine groups is 1. The first-order valence-electron chi connectivity index (χ1n) is 9.93. The van der Waals surface area contributed by atoms with Crippen LogP contribution in [0.2, 0.25) is 0 Å². The van der Waals surface area contributed by atoms with E-state index in [0.29, 0.717) is 0 Å². The molecule has 0 atom stereocenters. The molecule has 0 aliphatic carbocycles. The second kappa shape index (κ2) is 9.02. The maximum atomic E-state index is 13.3. The van der Waals surface area contributed by atoms with Crippen molar-refractivity contribution in [1.29, 1.82) is 0 Å². The summed E-state index contributed by atoms with van der Waals surface area (Å²) in [6, 6.07) is 13.3. The van der Waals surface area contributed by atoms with E-state index in [1.54, 1.807) is 36.4 Å². The number of alkyl halides is 2. The SMILES string of the molecule is CC(F)(F)CCc1ccc(-c2ccc(S(=O)(=O)C3(C(=O)NO)CCOCC3)cc2)cc1. The number of aryl methyl sites for hydroxylation is 1. The van der Waals surface area contributed by atoms with Gasteiger partial charge in [0.15, 0.2) is 14.6 Å². The van der Waals surface area contributed by atoms with Gasteiger partial charge < -0.3 is 4.74 Å². The summed E-state index contributed by atoms with van der Waals surface area (Å²) in [5.74, 6) is -3.68. The Morgan fingerprint density at radius 1 is 1.06 bits per heavy atom. The molecule has 2 N–H and O–H groups in total. The van der Waals surface area contributed by atoms with Crippen LogP contribution in [-0.2, 0) is 25.8 Å². The van der Waals surface area contributed by atoms with Crippen molar-refractivity contribution in [2.24, 2.45) is 0 Å². The average Bonchev–Trinajstić information content (AvgIpc) is 2.77. The van der Waals surface area contributed by atoms with Gasteiger partial charge in [0.1, 0.15) is 0 Å². The van der Waals surface area contributed by atoms with E-state index < -0.39 is 26.4 Å². The minimum atomic E-state index is -4.09. The van der Waals surface area contributed by atoms with Crippen molar-refractivity contribution in [2.45, 2.75) is 48.2 Å². The third kappa shape index (κ3) is 4.94. The van der Waals surface area contributed by atoms with E-state index in [9.17, 15) is 22.0 Å². The summed E-state index contributed by atoms with van der Waals surface area (Å²) in [5, 5.41) is 9.11. The number of amides is 1.